The van der Waals surface area contributed by atoms with Crippen molar-refractivity contribution >= 4 is 11.8 Å². The van der Waals surface area contributed by atoms with Crippen molar-refractivity contribution in [2.45, 2.75) is 0 Å². The first-order valence-electron chi connectivity index (χ1n) is 1.50. The smallest absolute Gasteiger partial charge is 0.0424 e. The fraction of sp³-hybridized carbons (Fsp3) is 0.333. The van der Waals surface area contributed by atoms with Crippen molar-refractivity contribution in [2.75, 3.05) is 5.88 Å². The Morgan fingerprint density at radius 1 is 1.80 bits per heavy atom. The minimum Gasteiger partial charge on any atom is -0.302 e. The Morgan fingerprint density at radius 3 is 3.00 bits per heavy atom. The van der Waals surface area contributed by atoms with E-state index < -0.39 is 0 Å². The van der Waals surface area contributed by atoms with Crippen molar-refractivity contribution in [3.63, 3.8) is 0 Å². The minimum absolute atomic E-state index is 1.06. The van der Waals surface area contributed by atoms with Gasteiger partial charge in [0, 0.05) is 18.2 Å². The van der Waals surface area contributed by atoms with Gasteiger partial charge in [0.25, 0.3) is 0 Å². The molecule has 1 aliphatic heterocycles. The van der Waals surface area contributed by atoms with Crippen LogP contribution < -0.4 is 5.32 Å². The molecule has 0 saturated carbocycles. The molecule has 1 fully saturated rings. The van der Waals surface area contributed by atoms with Crippen molar-refractivity contribution in [1.82, 2.24) is 5.32 Å². The Balaban J connectivity index is 2.08. The van der Waals surface area contributed by atoms with Crippen molar-refractivity contribution in [3.8, 4) is 0 Å². The molecule has 1 aliphatic rings. The molecule has 0 atom stereocenters. The van der Waals surface area contributed by atoms with Gasteiger partial charge in [0.15, 0.2) is 0 Å². The first-order chi connectivity index (χ1) is 2.50. The fourth-order valence-corrected chi connectivity index (χ4v) is 0.722. The van der Waals surface area contributed by atoms with Gasteiger partial charge in [0.2, 0.25) is 0 Å². The fourth-order valence-electron chi connectivity index (χ4n) is 0.241. The highest BCUT2D eigenvalue weighted by atomic mass is 32.2. The van der Waals surface area contributed by atoms with Crippen LogP contribution in [0.25, 0.3) is 0 Å². The molecule has 0 aliphatic carbocycles. The largest absolute Gasteiger partial charge is 0.302 e. The molecule has 1 rings (SSSR count). The molecule has 1 heterocycles. The lowest BCUT2D eigenvalue weighted by molar-refractivity contribution is 1.02. The number of hydrogen-bond acceptors (Lipinski definition) is 2. The number of hydrogen-bond donors (Lipinski definition) is 1. The zero-order chi connectivity index (χ0) is 3.54. The van der Waals surface area contributed by atoms with Gasteiger partial charge in [-0.25, -0.2) is 0 Å². The van der Waals surface area contributed by atoms with Crippen LogP contribution >= 0.6 is 11.8 Å². The van der Waals surface area contributed by atoms with Gasteiger partial charge in [-0.3, -0.25) is 0 Å². The Hall–Kier alpha value is 0.310. The maximum Gasteiger partial charge on any atom is 0.0424 e. The second-order valence-electron chi connectivity index (χ2n) is 0.818. The Labute approximate surface area is 36.1 Å². The van der Waals surface area contributed by atoms with Gasteiger partial charge in [-0.2, -0.15) is 0 Å². The van der Waals surface area contributed by atoms with Crippen LogP contribution in [0, 0.1) is 12.3 Å². The topological polar surface area (TPSA) is 12.0 Å². The first-order valence-corrected chi connectivity index (χ1v) is 2.55. The molecule has 0 unspecified atom stereocenters. The quantitative estimate of drug-likeness (QED) is 0.464. The maximum atomic E-state index is 3.00. The summed E-state index contributed by atoms with van der Waals surface area (Å²) < 4.78 is 0. The van der Waals surface area contributed by atoms with Crippen LogP contribution in [0.5, 0.6) is 0 Å². The maximum absolute atomic E-state index is 3.00. The van der Waals surface area contributed by atoms with E-state index in [4.69, 9.17) is 0 Å². The SMILES string of the molecule is [CH]1[CH]SCN1. The van der Waals surface area contributed by atoms with Gasteiger partial charge in [0.05, 0.1) is 0 Å². The highest BCUT2D eigenvalue weighted by Crippen LogP contribution is 2.09. The third-order valence-electron chi connectivity index (χ3n) is 0.449. The molecule has 2 heteroatoms. The van der Waals surface area contributed by atoms with Crippen molar-refractivity contribution in [1.29, 1.82) is 0 Å². The molecule has 0 amide bonds. The lowest BCUT2D eigenvalue weighted by Gasteiger charge is -1.74. The molecule has 0 aromatic heterocycles. The van der Waals surface area contributed by atoms with Gasteiger partial charge in [0.1, 0.15) is 0 Å². The molecule has 0 spiro atoms. The third-order valence-corrected chi connectivity index (χ3v) is 1.11. The standard InChI is InChI=1S/C3H5NS/c1-2-5-3-4-1/h1-2,4H,3H2. The number of rotatable bonds is 0. The molecule has 28 valence electrons. The summed E-state index contributed by atoms with van der Waals surface area (Å²) in [5, 5.41) is 3.00. The monoisotopic (exact) mass is 87.0 g/mol. The van der Waals surface area contributed by atoms with Gasteiger partial charge < -0.3 is 5.32 Å². The molecule has 1 N–H and O–H groups in total. The van der Waals surface area contributed by atoms with Crippen LogP contribution in [-0.4, -0.2) is 5.88 Å². The van der Waals surface area contributed by atoms with Crippen molar-refractivity contribution in [3.05, 3.63) is 12.3 Å². The van der Waals surface area contributed by atoms with Crippen LogP contribution in [0.15, 0.2) is 0 Å². The summed E-state index contributed by atoms with van der Waals surface area (Å²) >= 11 is 1.78. The van der Waals surface area contributed by atoms with Crippen molar-refractivity contribution in [2.24, 2.45) is 0 Å². The van der Waals surface area contributed by atoms with Gasteiger partial charge in [-0.1, -0.05) is 0 Å². The van der Waals surface area contributed by atoms with Gasteiger partial charge >= 0.3 is 0 Å². The van der Waals surface area contributed by atoms with Crippen LogP contribution in [0.4, 0.5) is 0 Å². The minimum atomic E-state index is 1.06. The molecular weight excluding hydrogens is 82.1 g/mol. The molecule has 1 saturated heterocycles. The predicted molar refractivity (Wildman–Crippen MR) is 24.2 cm³/mol. The number of thioether (sulfide) groups is 1. The van der Waals surface area contributed by atoms with E-state index in [9.17, 15) is 0 Å². The highest BCUT2D eigenvalue weighted by molar-refractivity contribution is 8.01. The number of nitrogens with one attached hydrogen (secondary N) is 1. The lowest BCUT2D eigenvalue weighted by atomic mass is 10.8. The summed E-state index contributed by atoms with van der Waals surface area (Å²) in [5.41, 5.74) is 0. The molecule has 0 aromatic carbocycles. The van der Waals surface area contributed by atoms with Crippen LogP contribution in [-0.2, 0) is 0 Å². The normalized spacial score (nSPS) is 24.0. The molecule has 5 heavy (non-hydrogen) atoms. The summed E-state index contributed by atoms with van der Waals surface area (Å²) in [6.45, 7) is 1.95. The van der Waals surface area contributed by atoms with Crippen LogP contribution in [0.3, 0.4) is 0 Å². The zero-order valence-electron chi connectivity index (χ0n) is 2.77. The highest BCUT2D eigenvalue weighted by Gasteiger charge is 1.94. The van der Waals surface area contributed by atoms with E-state index in [2.05, 4.69) is 5.32 Å². The lowest BCUT2D eigenvalue weighted by Crippen LogP contribution is -1.96. The van der Waals surface area contributed by atoms with E-state index in [0.717, 1.165) is 5.88 Å². The van der Waals surface area contributed by atoms with Crippen LogP contribution in [0.2, 0.25) is 0 Å². The van der Waals surface area contributed by atoms with E-state index in [-0.39, 0.29) is 0 Å². The summed E-state index contributed by atoms with van der Waals surface area (Å²) in [5.74, 6) is 3.10. The van der Waals surface area contributed by atoms with E-state index in [1.54, 1.807) is 11.8 Å². The summed E-state index contributed by atoms with van der Waals surface area (Å²) in [7, 11) is 0. The molecule has 0 aromatic rings. The van der Waals surface area contributed by atoms with E-state index in [0.29, 0.717) is 0 Å². The molecular formula is C3H5NS. The Morgan fingerprint density at radius 2 is 2.80 bits per heavy atom. The predicted octanol–water partition coefficient (Wildman–Crippen LogP) is 0.604. The van der Waals surface area contributed by atoms with E-state index in [1.807, 2.05) is 12.3 Å². The summed E-state index contributed by atoms with van der Waals surface area (Å²) in [6.07, 6.45) is 0. The molecule has 0 bridgehead atoms. The first kappa shape index (κ1) is 3.50. The Bertz CT molecular complexity index is 18.5. The average Bonchev–Trinajstić information content (AvgIpc) is 1.76. The third kappa shape index (κ3) is 0.816. The van der Waals surface area contributed by atoms with Crippen molar-refractivity contribution < 1.29 is 0 Å². The Kier molecular flexibility index (Phi) is 1.17. The van der Waals surface area contributed by atoms with E-state index in [1.165, 1.54) is 0 Å². The zero-order valence-corrected chi connectivity index (χ0v) is 3.59. The summed E-state index contributed by atoms with van der Waals surface area (Å²) in [6, 6.07) is 0. The second kappa shape index (κ2) is 1.67. The van der Waals surface area contributed by atoms with Gasteiger partial charge in [-0.05, 0) is 0 Å². The molecule has 2 radical (unpaired) electrons. The average molecular weight is 87.1 g/mol. The van der Waals surface area contributed by atoms with Gasteiger partial charge in [-0.15, -0.1) is 11.8 Å². The summed E-state index contributed by atoms with van der Waals surface area (Å²) in [4.78, 5) is 0. The van der Waals surface area contributed by atoms with E-state index >= 15 is 0 Å². The molecule has 1 nitrogen and oxygen atoms in total. The second-order valence-corrected chi connectivity index (χ2v) is 1.71. The van der Waals surface area contributed by atoms with Crippen LogP contribution in [0.1, 0.15) is 0 Å².